The van der Waals surface area contributed by atoms with Crippen LogP contribution in [0.4, 0.5) is 17.2 Å². The van der Waals surface area contributed by atoms with Gasteiger partial charge in [0.05, 0.1) is 32.3 Å². The summed E-state index contributed by atoms with van der Waals surface area (Å²) in [7, 11) is 3.17. The second-order valence-corrected chi connectivity index (χ2v) is 5.75. The fraction of sp³-hybridized carbons (Fsp3) is 0.150. The van der Waals surface area contributed by atoms with Gasteiger partial charge < -0.3 is 20.1 Å². The molecule has 0 fully saturated rings. The second-order valence-electron chi connectivity index (χ2n) is 5.75. The maximum absolute atomic E-state index is 12.3. The number of aryl methyl sites for hydroxylation is 1. The summed E-state index contributed by atoms with van der Waals surface area (Å²) in [6.45, 7) is 1.93. The largest absolute Gasteiger partial charge is 0.497 e. The van der Waals surface area contributed by atoms with Crippen molar-refractivity contribution in [2.45, 2.75) is 6.92 Å². The van der Waals surface area contributed by atoms with Crippen LogP contribution in [0.25, 0.3) is 0 Å². The third kappa shape index (κ3) is 4.33. The van der Waals surface area contributed by atoms with Crippen LogP contribution in [0.5, 0.6) is 11.5 Å². The highest BCUT2D eigenvalue weighted by Crippen LogP contribution is 2.30. The van der Waals surface area contributed by atoms with Gasteiger partial charge in [0.25, 0.3) is 5.91 Å². The Morgan fingerprint density at radius 1 is 0.963 bits per heavy atom. The molecule has 0 aliphatic carbocycles. The van der Waals surface area contributed by atoms with E-state index in [1.54, 1.807) is 32.4 Å². The normalized spacial score (nSPS) is 10.2. The number of nitrogens with zero attached hydrogens (tertiary/aromatic N) is 2. The number of anilines is 3. The zero-order chi connectivity index (χ0) is 19.2. The lowest BCUT2D eigenvalue weighted by atomic mass is 10.2. The Bertz CT molecular complexity index is 942. The van der Waals surface area contributed by atoms with Crippen molar-refractivity contribution in [2.24, 2.45) is 0 Å². The van der Waals surface area contributed by atoms with Crippen molar-refractivity contribution in [2.75, 3.05) is 24.9 Å². The lowest BCUT2D eigenvalue weighted by molar-refractivity contribution is 0.102. The first-order valence-electron chi connectivity index (χ1n) is 8.29. The number of carbonyl (C=O) groups is 1. The number of amides is 1. The van der Waals surface area contributed by atoms with Gasteiger partial charge in [0, 0.05) is 11.8 Å². The molecule has 0 radical (unpaired) electrons. The van der Waals surface area contributed by atoms with Crippen LogP contribution >= 0.6 is 0 Å². The molecule has 7 nitrogen and oxygen atoms in total. The minimum atomic E-state index is -0.317. The summed E-state index contributed by atoms with van der Waals surface area (Å²) >= 11 is 0. The number of aromatic nitrogens is 2. The van der Waals surface area contributed by atoms with Gasteiger partial charge in [0.2, 0.25) is 0 Å². The van der Waals surface area contributed by atoms with Crippen molar-refractivity contribution < 1.29 is 14.3 Å². The molecule has 0 spiro atoms. The lowest BCUT2D eigenvalue weighted by Gasteiger charge is -2.12. The third-order valence-corrected chi connectivity index (χ3v) is 3.95. The minimum Gasteiger partial charge on any atom is -0.497 e. The predicted octanol–water partition coefficient (Wildman–Crippen LogP) is 3.80. The molecule has 7 heteroatoms. The molecule has 0 aliphatic rings. The Balaban J connectivity index is 1.74. The van der Waals surface area contributed by atoms with E-state index in [9.17, 15) is 4.79 Å². The van der Waals surface area contributed by atoms with Gasteiger partial charge in [0.15, 0.2) is 0 Å². The number of benzene rings is 2. The van der Waals surface area contributed by atoms with Crippen molar-refractivity contribution in [3.05, 3.63) is 66.1 Å². The highest BCUT2D eigenvalue weighted by atomic mass is 16.5. The van der Waals surface area contributed by atoms with Crippen molar-refractivity contribution in [1.29, 1.82) is 0 Å². The average Bonchev–Trinajstić information content (AvgIpc) is 2.70. The van der Waals surface area contributed by atoms with E-state index in [4.69, 9.17) is 9.47 Å². The molecule has 0 saturated carbocycles. The van der Waals surface area contributed by atoms with Gasteiger partial charge in [-0.15, -0.1) is 0 Å². The van der Waals surface area contributed by atoms with Gasteiger partial charge >= 0.3 is 0 Å². The molecule has 0 atom stereocenters. The molecule has 0 saturated heterocycles. The van der Waals surface area contributed by atoms with Gasteiger partial charge in [-0.25, -0.2) is 9.97 Å². The van der Waals surface area contributed by atoms with Crippen LogP contribution in [0.3, 0.4) is 0 Å². The molecule has 0 bridgehead atoms. The van der Waals surface area contributed by atoms with E-state index in [1.165, 1.54) is 12.4 Å². The molecule has 2 N–H and O–H groups in total. The van der Waals surface area contributed by atoms with Crippen LogP contribution in [0.1, 0.15) is 16.1 Å². The summed E-state index contributed by atoms with van der Waals surface area (Å²) in [5.74, 6) is 1.48. The first-order chi connectivity index (χ1) is 13.1. The maximum atomic E-state index is 12.3. The van der Waals surface area contributed by atoms with Crippen LogP contribution < -0.4 is 20.1 Å². The SMILES string of the molecule is COc1ccc(OC)c(Nc2cnc(C(=O)Nc3ccccc3C)cn2)c1. The quantitative estimate of drug-likeness (QED) is 0.692. The molecule has 2 aromatic carbocycles. The zero-order valence-electron chi connectivity index (χ0n) is 15.3. The fourth-order valence-electron chi connectivity index (χ4n) is 2.46. The van der Waals surface area contributed by atoms with Gasteiger partial charge in [-0.1, -0.05) is 18.2 Å². The molecule has 1 amide bonds. The average molecular weight is 364 g/mol. The number of para-hydroxylation sites is 1. The van der Waals surface area contributed by atoms with E-state index in [0.29, 0.717) is 23.0 Å². The predicted molar refractivity (Wildman–Crippen MR) is 104 cm³/mol. The molecular weight excluding hydrogens is 344 g/mol. The van der Waals surface area contributed by atoms with E-state index in [2.05, 4.69) is 20.6 Å². The minimum absolute atomic E-state index is 0.224. The smallest absolute Gasteiger partial charge is 0.275 e. The van der Waals surface area contributed by atoms with Gasteiger partial charge in [0.1, 0.15) is 23.0 Å². The molecule has 1 heterocycles. The molecule has 1 aromatic heterocycles. The standard InChI is InChI=1S/C20H20N4O3/c1-13-6-4-5-7-15(13)24-20(25)17-11-22-19(12-21-17)23-16-10-14(26-2)8-9-18(16)27-3/h4-12H,1-3H3,(H,22,23)(H,24,25). The summed E-state index contributed by atoms with van der Waals surface area (Å²) in [5, 5.41) is 5.94. The van der Waals surface area contributed by atoms with Crippen molar-refractivity contribution in [3.63, 3.8) is 0 Å². The highest BCUT2D eigenvalue weighted by molar-refractivity contribution is 6.03. The van der Waals surface area contributed by atoms with Crippen molar-refractivity contribution in [1.82, 2.24) is 9.97 Å². The van der Waals surface area contributed by atoms with E-state index < -0.39 is 0 Å². The Morgan fingerprint density at radius 3 is 2.44 bits per heavy atom. The second kappa shape index (κ2) is 8.18. The number of rotatable bonds is 6. The Labute approximate surface area is 157 Å². The number of methoxy groups -OCH3 is 2. The third-order valence-electron chi connectivity index (χ3n) is 3.95. The van der Waals surface area contributed by atoms with Gasteiger partial charge in [-0.3, -0.25) is 4.79 Å². The van der Waals surface area contributed by atoms with E-state index in [1.807, 2.05) is 31.2 Å². The van der Waals surface area contributed by atoms with Crippen LogP contribution in [0.2, 0.25) is 0 Å². The number of hydrogen-bond acceptors (Lipinski definition) is 6. The van der Waals surface area contributed by atoms with Crippen LogP contribution in [0.15, 0.2) is 54.9 Å². The molecular formula is C20H20N4O3. The Morgan fingerprint density at radius 2 is 1.78 bits per heavy atom. The van der Waals surface area contributed by atoms with Gasteiger partial charge in [-0.05, 0) is 30.7 Å². The van der Waals surface area contributed by atoms with Crippen LogP contribution in [-0.4, -0.2) is 30.1 Å². The molecule has 3 rings (SSSR count). The van der Waals surface area contributed by atoms with Crippen LogP contribution in [-0.2, 0) is 0 Å². The van der Waals surface area contributed by atoms with E-state index >= 15 is 0 Å². The summed E-state index contributed by atoms with van der Waals surface area (Å²) in [5.41, 5.74) is 2.62. The monoisotopic (exact) mass is 364 g/mol. The molecule has 0 aliphatic heterocycles. The first kappa shape index (κ1) is 18.2. The fourth-order valence-corrected chi connectivity index (χ4v) is 2.46. The number of nitrogens with one attached hydrogen (secondary N) is 2. The molecule has 138 valence electrons. The Kier molecular flexibility index (Phi) is 5.51. The Hall–Kier alpha value is -3.61. The summed E-state index contributed by atoms with van der Waals surface area (Å²) in [6.07, 6.45) is 2.91. The van der Waals surface area contributed by atoms with E-state index in [0.717, 1.165) is 11.3 Å². The first-order valence-corrected chi connectivity index (χ1v) is 8.29. The number of hydrogen-bond donors (Lipinski definition) is 2. The summed E-state index contributed by atoms with van der Waals surface area (Å²) < 4.78 is 10.6. The van der Waals surface area contributed by atoms with Gasteiger partial charge in [-0.2, -0.15) is 0 Å². The van der Waals surface area contributed by atoms with Crippen LogP contribution in [0, 0.1) is 6.92 Å². The summed E-state index contributed by atoms with van der Waals surface area (Å²) in [4.78, 5) is 20.8. The molecule has 3 aromatic rings. The topological polar surface area (TPSA) is 85.4 Å². The number of ether oxygens (including phenoxy) is 2. The lowest BCUT2D eigenvalue weighted by Crippen LogP contribution is -2.15. The molecule has 27 heavy (non-hydrogen) atoms. The van der Waals surface area contributed by atoms with E-state index in [-0.39, 0.29) is 11.6 Å². The van der Waals surface area contributed by atoms with Crippen molar-refractivity contribution >= 4 is 23.1 Å². The molecule has 0 unspecified atom stereocenters. The zero-order valence-corrected chi connectivity index (χ0v) is 15.3. The maximum Gasteiger partial charge on any atom is 0.275 e. The van der Waals surface area contributed by atoms with Crippen molar-refractivity contribution in [3.8, 4) is 11.5 Å². The summed E-state index contributed by atoms with van der Waals surface area (Å²) in [6, 6.07) is 12.9. The number of carbonyl (C=O) groups excluding carboxylic acids is 1. The highest BCUT2D eigenvalue weighted by Gasteiger charge is 2.11.